The zero-order valence-corrected chi connectivity index (χ0v) is 14.8. The SMILES string of the molecule is O=C(CS(=O)(=O)C[C@H]1CCCO1)Nc1ccccc1SCC(F)(F)F. The normalized spacial score (nSPS) is 18.3. The van der Waals surface area contributed by atoms with Crippen molar-refractivity contribution in [1.82, 2.24) is 0 Å². The molecule has 0 aliphatic carbocycles. The van der Waals surface area contributed by atoms with Crippen LogP contribution in [0, 0.1) is 0 Å². The number of ether oxygens (including phenoxy) is 1. The second-order valence-corrected chi connectivity index (χ2v) is 8.76. The maximum absolute atomic E-state index is 12.4. The molecule has 1 aliphatic rings. The third kappa shape index (κ3) is 7.25. The van der Waals surface area contributed by atoms with Crippen molar-refractivity contribution in [2.45, 2.75) is 30.0 Å². The first-order valence-corrected chi connectivity index (χ1v) is 10.4. The van der Waals surface area contributed by atoms with Crippen LogP contribution in [0.3, 0.4) is 0 Å². The summed E-state index contributed by atoms with van der Waals surface area (Å²) in [5, 5.41) is 2.38. The molecule has 25 heavy (non-hydrogen) atoms. The van der Waals surface area contributed by atoms with Crippen molar-refractivity contribution in [2.75, 3.05) is 29.2 Å². The summed E-state index contributed by atoms with van der Waals surface area (Å²) >= 11 is 0.531. The van der Waals surface area contributed by atoms with Crippen LogP contribution in [-0.2, 0) is 19.4 Å². The lowest BCUT2D eigenvalue weighted by molar-refractivity contribution is -0.114. The Morgan fingerprint density at radius 1 is 1.32 bits per heavy atom. The number of carbonyl (C=O) groups excluding carboxylic acids is 1. The summed E-state index contributed by atoms with van der Waals surface area (Å²) in [7, 11) is -3.66. The minimum Gasteiger partial charge on any atom is -0.377 e. The quantitative estimate of drug-likeness (QED) is 0.717. The fourth-order valence-electron chi connectivity index (χ4n) is 2.36. The Hall–Kier alpha value is -1.26. The second kappa shape index (κ2) is 8.41. The summed E-state index contributed by atoms with van der Waals surface area (Å²) in [5.74, 6) is -2.84. The predicted molar refractivity (Wildman–Crippen MR) is 89.5 cm³/mol. The van der Waals surface area contributed by atoms with Crippen LogP contribution in [0.25, 0.3) is 0 Å². The number of hydrogen-bond acceptors (Lipinski definition) is 5. The Labute approximate surface area is 148 Å². The molecule has 1 aliphatic heterocycles. The highest BCUT2D eigenvalue weighted by molar-refractivity contribution is 7.99. The summed E-state index contributed by atoms with van der Waals surface area (Å²) in [4.78, 5) is 12.2. The monoisotopic (exact) mass is 397 g/mol. The van der Waals surface area contributed by atoms with E-state index in [4.69, 9.17) is 4.74 Å². The Bertz CT molecular complexity index is 701. The van der Waals surface area contributed by atoms with Gasteiger partial charge in [-0.15, -0.1) is 11.8 Å². The Balaban J connectivity index is 1.95. The van der Waals surface area contributed by atoms with E-state index in [-0.39, 0.29) is 16.3 Å². The first kappa shape index (κ1) is 20.1. The summed E-state index contributed by atoms with van der Waals surface area (Å²) in [6.45, 7) is 0.510. The lowest BCUT2D eigenvalue weighted by Gasteiger charge is -2.13. The number of hydrogen-bond donors (Lipinski definition) is 1. The zero-order valence-electron chi connectivity index (χ0n) is 13.2. The van der Waals surface area contributed by atoms with Crippen LogP contribution >= 0.6 is 11.8 Å². The lowest BCUT2D eigenvalue weighted by atomic mass is 10.3. The van der Waals surface area contributed by atoms with Gasteiger partial charge in [-0.25, -0.2) is 8.42 Å². The number of benzene rings is 1. The molecule has 0 aromatic heterocycles. The number of carbonyl (C=O) groups is 1. The highest BCUT2D eigenvalue weighted by atomic mass is 32.2. The molecule has 2 rings (SSSR count). The maximum atomic E-state index is 12.4. The van der Waals surface area contributed by atoms with Crippen molar-refractivity contribution >= 4 is 33.2 Å². The largest absolute Gasteiger partial charge is 0.398 e. The number of amides is 1. The fourth-order valence-corrected chi connectivity index (χ4v) is 4.55. The van der Waals surface area contributed by atoms with Gasteiger partial charge in [-0.3, -0.25) is 4.79 Å². The van der Waals surface area contributed by atoms with Crippen LogP contribution < -0.4 is 5.32 Å². The van der Waals surface area contributed by atoms with Crippen molar-refractivity contribution in [1.29, 1.82) is 0 Å². The molecule has 1 aromatic rings. The van der Waals surface area contributed by atoms with E-state index in [0.717, 1.165) is 6.42 Å². The predicted octanol–water partition coefficient (Wildman–Crippen LogP) is 2.87. The standard InChI is InChI=1S/C15H18F3NO4S2/c16-15(17,18)10-24-13-6-2-1-5-12(13)19-14(20)9-25(21,22)8-11-4-3-7-23-11/h1-2,5-6,11H,3-4,7-10H2,(H,19,20)/t11-/m1/s1. The molecule has 10 heteroatoms. The molecule has 0 saturated carbocycles. The van der Waals surface area contributed by atoms with E-state index in [1.54, 1.807) is 12.1 Å². The van der Waals surface area contributed by atoms with Crippen molar-refractivity contribution in [3.63, 3.8) is 0 Å². The van der Waals surface area contributed by atoms with Crippen LogP contribution in [0.4, 0.5) is 18.9 Å². The molecule has 1 saturated heterocycles. The van der Waals surface area contributed by atoms with E-state index in [1.165, 1.54) is 12.1 Å². The minimum absolute atomic E-state index is 0.161. The number of alkyl halides is 3. The number of anilines is 1. The average Bonchev–Trinajstić information content (AvgIpc) is 2.96. The highest BCUT2D eigenvalue weighted by Gasteiger charge is 2.28. The molecule has 1 heterocycles. The van der Waals surface area contributed by atoms with E-state index >= 15 is 0 Å². The van der Waals surface area contributed by atoms with E-state index in [1.807, 2.05) is 0 Å². The van der Waals surface area contributed by atoms with Gasteiger partial charge in [0.25, 0.3) is 0 Å². The first-order chi connectivity index (χ1) is 11.6. The van der Waals surface area contributed by atoms with E-state index in [2.05, 4.69) is 5.32 Å². The summed E-state index contributed by atoms with van der Waals surface area (Å²) in [6, 6.07) is 5.97. The average molecular weight is 397 g/mol. The van der Waals surface area contributed by atoms with Crippen molar-refractivity contribution in [3.8, 4) is 0 Å². The van der Waals surface area contributed by atoms with Crippen LogP contribution in [0.1, 0.15) is 12.8 Å². The van der Waals surface area contributed by atoms with Gasteiger partial charge in [-0.05, 0) is 25.0 Å². The van der Waals surface area contributed by atoms with Crippen LogP contribution in [-0.4, -0.2) is 50.5 Å². The van der Waals surface area contributed by atoms with Gasteiger partial charge in [0.2, 0.25) is 5.91 Å². The number of sulfone groups is 1. The molecular formula is C15H18F3NO4S2. The van der Waals surface area contributed by atoms with Crippen molar-refractivity contribution in [2.24, 2.45) is 0 Å². The Morgan fingerprint density at radius 3 is 2.68 bits per heavy atom. The Kier molecular flexibility index (Phi) is 6.75. The highest BCUT2D eigenvalue weighted by Crippen LogP contribution is 2.32. The molecule has 5 nitrogen and oxygen atoms in total. The topological polar surface area (TPSA) is 72.5 Å². The third-order valence-electron chi connectivity index (χ3n) is 3.37. The van der Waals surface area contributed by atoms with Crippen LogP contribution in [0.2, 0.25) is 0 Å². The molecule has 1 atom stereocenters. The summed E-state index contributed by atoms with van der Waals surface area (Å²) in [6.07, 6.45) is -3.31. The molecule has 0 unspecified atom stereocenters. The zero-order chi connectivity index (χ0) is 18.5. The van der Waals surface area contributed by atoms with Gasteiger partial charge in [0.1, 0.15) is 5.75 Å². The molecule has 1 aromatic carbocycles. The Morgan fingerprint density at radius 2 is 2.04 bits per heavy atom. The van der Waals surface area contributed by atoms with E-state index < -0.39 is 39.5 Å². The molecule has 0 radical (unpaired) electrons. The van der Waals surface area contributed by atoms with E-state index in [0.29, 0.717) is 24.8 Å². The van der Waals surface area contributed by atoms with Gasteiger partial charge >= 0.3 is 6.18 Å². The molecule has 0 spiro atoms. The maximum Gasteiger partial charge on any atom is 0.398 e. The van der Waals surface area contributed by atoms with Gasteiger partial charge in [-0.1, -0.05) is 12.1 Å². The molecule has 1 N–H and O–H groups in total. The second-order valence-electron chi connectivity index (χ2n) is 5.64. The van der Waals surface area contributed by atoms with Crippen LogP contribution in [0.15, 0.2) is 29.2 Å². The molecule has 1 amide bonds. The van der Waals surface area contributed by atoms with Gasteiger partial charge in [0.05, 0.1) is 23.3 Å². The smallest absolute Gasteiger partial charge is 0.377 e. The van der Waals surface area contributed by atoms with Gasteiger partial charge in [0, 0.05) is 11.5 Å². The number of thioether (sulfide) groups is 1. The van der Waals surface area contributed by atoms with Crippen molar-refractivity contribution in [3.05, 3.63) is 24.3 Å². The summed E-state index contributed by atoms with van der Waals surface area (Å²) < 4.78 is 66.4. The molecule has 0 bridgehead atoms. The van der Waals surface area contributed by atoms with E-state index in [9.17, 15) is 26.4 Å². The molecular weight excluding hydrogens is 379 g/mol. The number of halogens is 3. The van der Waals surface area contributed by atoms with Crippen molar-refractivity contribution < 1.29 is 31.1 Å². The number of nitrogens with one attached hydrogen (secondary N) is 1. The van der Waals surface area contributed by atoms with Gasteiger partial charge in [-0.2, -0.15) is 13.2 Å². The minimum atomic E-state index is -4.34. The first-order valence-electron chi connectivity index (χ1n) is 7.55. The fraction of sp³-hybridized carbons (Fsp3) is 0.533. The van der Waals surface area contributed by atoms with Crippen LogP contribution in [0.5, 0.6) is 0 Å². The molecule has 1 fully saturated rings. The lowest BCUT2D eigenvalue weighted by Crippen LogP contribution is -2.29. The summed E-state index contributed by atoms with van der Waals surface area (Å²) in [5.41, 5.74) is 0.161. The number of para-hydroxylation sites is 1. The van der Waals surface area contributed by atoms with Gasteiger partial charge < -0.3 is 10.1 Å². The number of rotatable bonds is 7. The molecule has 140 valence electrons. The van der Waals surface area contributed by atoms with Gasteiger partial charge in [0.15, 0.2) is 9.84 Å². The third-order valence-corrected chi connectivity index (χ3v) is 6.09.